The highest BCUT2D eigenvalue weighted by molar-refractivity contribution is 6.35. The number of halogens is 3. The van der Waals surface area contributed by atoms with Gasteiger partial charge in [-0.2, -0.15) is 5.10 Å². The van der Waals surface area contributed by atoms with Crippen LogP contribution in [0.2, 0.25) is 10.0 Å². The lowest BCUT2D eigenvalue weighted by Crippen LogP contribution is -2.09. The van der Waals surface area contributed by atoms with Gasteiger partial charge in [-0.1, -0.05) is 37.0 Å². The van der Waals surface area contributed by atoms with Crippen molar-refractivity contribution in [3.8, 4) is 0 Å². The molecule has 0 aliphatic heterocycles. The number of hydrogen-bond donors (Lipinski definition) is 1. The fourth-order valence-corrected chi connectivity index (χ4v) is 2.68. The fourth-order valence-electron chi connectivity index (χ4n) is 2.19. The van der Waals surface area contributed by atoms with Crippen molar-refractivity contribution in [1.29, 1.82) is 0 Å². The Labute approximate surface area is 134 Å². The van der Waals surface area contributed by atoms with Gasteiger partial charge in [0.15, 0.2) is 5.82 Å². The van der Waals surface area contributed by atoms with Crippen LogP contribution in [0.15, 0.2) is 24.4 Å². The number of rotatable bonds is 6. The van der Waals surface area contributed by atoms with E-state index < -0.39 is 5.82 Å². The zero-order chi connectivity index (χ0) is 15.4. The maximum absolute atomic E-state index is 13.3. The van der Waals surface area contributed by atoms with Crippen LogP contribution in [0.4, 0.5) is 10.1 Å². The lowest BCUT2D eigenvalue weighted by atomic mass is 10.2. The van der Waals surface area contributed by atoms with Gasteiger partial charge in [0.1, 0.15) is 0 Å². The van der Waals surface area contributed by atoms with Crippen LogP contribution in [0.5, 0.6) is 0 Å². The minimum absolute atomic E-state index is 0.00700. The molecule has 6 heteroatoms. The molecule has 0 saturated heterocycles. The van der Waals surface area contributed by atoms with Gasteiger partial charge in [0.2, 0.25) is 0 Å². The van der Waals surface area contributed by atoms with E-state index in [4.69, 9.17) is 23.2 Å². The molecule has 0 saturated carbocycles. The van der Waals surface area contributed by atoms with E-state index in [0.717, 1.165) is 18.5 Å². The molecule has 21 heavy (non-hydrogen) atoms. The van der Waals surface area contributed by atoms with Gasteiger partial charge in [0.25, 0.3) is 0 Å². The Hall–Kier alpha value is -1.26. The largest absolute Gasteiger partial charge is 0.379 e. The average Bonchev–Trinajstić information content (AvgIpc) is 2.92. The third kappa shape index (κ3) is 3.89. The first-order chi connectivity index (χ1) is 10.0. The van der Waals surface area contributed by atoms with Crippen molar-refractivity contribution in [2.75, 3.05) is 5.32 Å². The molecule has 0 bridgehead atoms. The van der Waals surface area contributed by atoms with Gasteiger partial charge in [0.05, 0.1) is 28.3 Å². The Morgan fingerprint density at radius 2 is 1.86 bits per heavy atom. The third-order valence-corrected chi connectivity index (χ3v) is 3.99. The molecule has 2 aromatic rings. The minimum Gasteiger partial charge on any atom is -0.379 e. The zero-order valence-corrected chi connectivity index (χ0v) is 13.5. The first-order valence-corrected chi connectivity index (χ1v) is 7.73. The van der Waals surface area contributed by atoms with Crippen LogP contribution in [-0.4, -0.2) is 9.78 Å². The van der Waals surface area contributed by atoms with Gasteiger partial charge in [-0.3, -0.25) is 4.68 Å². The SMILES string of the molecule is CCC(CC)n1ccc(CNc2cc(Cl)c(F)c(Cl)c2)n1. The van der Waals surface area contributed by atoms with Crippen LogP contribution in [0, 0.1) is 5.82 Å². The van der Waals surface area contributed by atoms with Crippen molar-refractivity contribution < 1.29 is 4.39 Å². The smallest absolute Gasteiger partial charge is 0.160 e. The molecule has 0 radical (unpaired) electrons. The van der Waals surface area contributed by atoms with E-state index in [1.54, 1.807) is 0 Å². The summed E-state index contributed by atoms with van der Waals surface area (Å²) < 4.78 is 15.3. The summed E-state index contributed by atoms with van der Waals surface area (Å²) in [6, 6.07) is 5.42. The molecule has 0 aliphatic carbocycles. The fraction of sp³-hybridized carbons (Fsp3) is 0.400. The van der Waals surface area contributed by atoms with Crippen molar-refractivity contribution in [2.24, 2.45) is 0 Å². The van der Waals surface area contributed by atoms with Crippen molar-refractivity contribution in [3.05, 3.63) is 46.0 Å². The second kappa shape index (κ2) is 7.14. The summed E-state index contributed by atoms with van der Waals surface area (Å²) in [6.07, 6.45) is 4.09. The highest BCUT2D eigenvalue weighted by Gasteiger charge is 2.09. The van der Waals surface area contributed by atoms with Gasteiger partial charge in [-0.15, -0.1) is 0 Å². The molecule has 0 fully saturated rings. The van der Waals surface area contributed by atoms with Gasteiger partial charge >= 0.3 is 0 Å². The van der Waals surface area contributed by atoms with Crippen LogP contribution < -0.4 is 5.32 Å². The summed E-state index contributed by atoms with van der Waals surface area (Å²) in [4.78, 5) is 0. The molecular weight excluding hydrogens is 312 g/mol. The molecule has 2 rings (SSSR count). The summed E-state index contributed by atoms with van der Waals surface area (Å²) in [5.41, 5.74) is 1.59. The summed E-state index contributed by atoms with van der Waals surface area (Å²) in [6.45, 7) is 4.83. The Morgan fingerprint density at radius 3 is 2.43 bits per heavy atom. The van der Waals surface area contributed by atoms with Gasteiger partial charge in [0, 0.05) is 11.9 Å². The van der Waals surface area contributed by atoms with E-state index in [2.05, 4.69) is 24.3 Å². The standard InChI is InChI=1S/C15H18Cl2FN3/c1-3-12(4-2)21-6-5-10(20-21)9-19-11-7-13(16)15(18)14(17)8-11/h5-8,12,19H,3-4,9H2,1-2H3. The first-order valence-electron chi connectivity index (χ1n) is 6.97. The molecule has 0 atom stereocenters. The Balaban J connectivity index is 2.03. The van der Waals surface area contributed by atoms with Crippen molar-refractivity contribution in [1.82, 2.24) is 9.78 Å². The number of nitrogens with one attached hydrogen (secondary N) is 1. The van der Waals surface area contributed by atoms with Crippen LogP contribution in [0.25, 0.3) is 0 Å². The second-order valence-electron chi connectivity index (χ2n) is 4.86. The molecular formula is C15H18Cl2FN3. The molecule has 1 aromatic carbocycles. The average molecular weight is 330 g/mol. The highest BCUT2D eigenvalue weighted by atomic mass is 35.5. The van der Waals surface area contributed by atoms with Crippen molar-refractivity contribution >= 4 is 28.9 Å². The number of benzene rings is 1. The Morgan fingerprint density at radius 1 is 1.24 bits per heavy atom. The zero-order valence-electron chi connectivity index (χ0n) is 12.0. The number of anilines is 1. The summed E-state index contributed by atoms with van der Waals surface area (Å²) in [7, 11) is 0. The van der Waals surface area contributed by atoms with Crippen molar-refractivity contribution in [3.63, 3.8) is 0 Å². The lowest BCUT2D eigenvalue weighted by Gasteiger charge is -2.12. The number of aromatic nitrogens is 2. The van der Waals surface area contributed by atoms with E-state index >= 15 is 0 Å². The van der Waals surface area contributed by atoms with Gasteiger partial charge < -0.3 is 5.32 Å². The van der Waals surface area contributed by atoms with E-state index in [1.165, 1.54) is 12.1 Å². The van der Waals surface area contributed by atoms with E-state index in [0.29, 0.717) is 18.3 Å². The third-order valence-electron chi connectivity index (χ3n) is 3.44. The Kier molecular flexibility index (Phi) is 5.48. The molecule has 0 aliphatic rings. The first kappa shape index (κ1) is 16.1. The quantitative estimate of drug-likeness (QED) is 0.728. The van der Waals surface area contributed by atoms with E-state index in [1.807, 2.05) is 16.9 Å². The summed E-state index contributed by atoms with van der Waals surface area (Å²) in [5.74, 6) is -0.595. The van der Waals surface area contributed by atoms with E-state index in [9.17, 15) is 4.39 Å². The van der Waals surface area contributed by atoms with Crippen molar-refractivity contribution in [2.45, 2.75) is 39.3 Å². The molecule has 1 heterocycles. The predicted molar refractivity (Wildman–Crippen MR) is 85.6 cm³/mol. The molecule has 1 aromatic heterocycles. The van der Waals surface area contributed by atoms with E-state index in [-0.39, 0.29) is 10.0 Å². The number of nitrogens with zero attached hydrogens (tertiary/aromatic N) is 2. The van der Waals surface area contributed by atoms with Gasteiger partial charge in [-0.05, 0) is 31.0 Å². The molecule has 0 amide bonds. The lowest BCUT2D eigenvalue weighted by molar-refractivity contribution is 0.426. The molecule has 3 nitrogen and oxygen atoms in total. The monoisotopic (exact) mass is 329 g/mol. The molecule has 1 N–H and O–H groups in total. The maximum Gasteiger partial charge on any atom is 0.160 e. The highest BCUT2D eigenvalue weighted by Crippen LogP contribution is 2.27. The van der Waals surface area contributed by atoms with Crippen LogP contribution in [-0.2, 0) is 6.54 Å². The maximum atomic E-state index is 13.3. The molecule has 114 valence electrons. The molecule has 0 spiro atoms. The summed E-state index contributed by atoms with van der Waals surface area (Å²) in [5, 5.41) is 7.70. The van der Waals surface area contributed by atoms with Crippen LogP contribution >= 0.6 is 23.2 Å². The van der Waals surface area contributed by atoms with Crippen LogP contribution in [0.1, 0.15) is 38.4 Å². The van der Waals surface area contributed by atoms with Gasteiger partial charge in [-0.25, -0.2) is 4.39 Å². The topological polar surface area (TPSA) is 29.9 Å². The summed E-state index contributed by atoms with van der Waals surface area (Å²) >= 11 is 11.5. The van der Waals surface area contributed by atoms with Crippen LogP contribution in [0.3, 0.4) is 0 Å². The second-order valence-corrected chi connectivity index (χ2v) is 5.68. The minimum atomic E-state index is -0.595. The normalized spacial score (nSPS) is 11.1. The predicted octanol–water partition coefficient (Wildman–Crippen LogP) is 5.30. The molecule has 0 unspecified atom stereocenters. The Bertz CT molecular complexity index is 586. The number of hydrogen-bond acceptors (Lipinski definition) is 2.